The monoisotopic (exact) mass is 210 g/mol. The van der Waals surface area contributed by atoms with E-state index in [0.717, 1.165) is 13.0 Å². The number of hydrogen-bond acceptors (Lipinski definition) is 1. The first kappa shape index (κ1) is 9.55. The van der Waals surface area contributed by atoms with Gasteiger partial charge in [0.1, 0.15) is 5.69 Å². The second kappa shape index (κ2) is 3.72. The number of pyridine rings is 1. The average molecular weight is 210 g/mol. The fourth-order valence-electron chi connectivity index (χ4n) is 2.28. The molecule has 16 heavy (non-hydrogen) atoms. The molecule has 1 unspecified atom stereocenters. The van der Waals surface area contributed by atoms with Gasteiger partial charge in [0.05, 0.1) is 6.54 Å². The lowest BCUT2D eigenvalue weighted by Gasteiger charge is -2.13. The molecule has 1 atom stereocenters. The van der Waals surface area contributed by atoms with Crippen molar-refractivity contribution in [3.05, 3.63) is 55.3 Å². The number of rotatable bonds is 1. The van der Waals surface area contributed by atoms with Gasteiger partial charge in [-0.2, -0.15) is 0 Å². The number of fused-ring (bicyclic) bond motifs is 1. The van der Waals surface area contributed by atoms with E-state index in [2.05, 4.69) is 36.3 Å². The summed E-state index contributed by atoms with van der Waals surface area (Å²) in [7, 11) is 4.09. The number of quaternary nitrogens is 1. The maximum Gasteiger partial charge on any atom is 0.108 e. The van der Waals surface area contributed by atoms with Crippen LogP contribution >= 0.6 is 0 Å². The van der Waals surface area contributed by atoms with Crippen molar-refractivity contribution in [2.75, 3.05) is 6.54 Å². The first-order valence-electron chi connectivity index (χ1n) is 5.56. The van der Waals surface area contributed by atoms with Gasteiger partial charge >= 0.3 is 0 Å². The van der Waals surface area contributed by atoms with Crippen LogP contribution in [0.15, 0.2) is 42.7 Å². The van der Waals surface area contributed by atoms with E-state index < -0.39 is 0 Å². The Morgan fingerprint density at radius 3 is 2.94 bits per heavy atom. The van der Waals surface area contributed by atoms with Crippen molar-refractivity contribution >= 4 is 5.69 Å². The summed E-state index contributed by atoms with van der Waals surface area (Å²) < 4.78 is 0. The highest BCUT2D eigenvalue weighted by molar-refractivity contribution is 5.66. The van der Waals surface area contributed by atoms with Gasteiger partial charge in [-0.05, 0) is 29.8 Å². The zero-order valence-corrected chi connectivity index (χ0v) is 9.11. The molecule has 0 fully saturated rings. The minimum absolute atomic E-state index is 1.10. The topological polar surface area (TPSA) is 17.3 Å². The lowest BCUT2D eigenvalue weighted by atomic mass is 10.0. The number of benzene rings is 1. The van der Waals surface area contributed by atoms with Crippen molar-refractivity contribution < 1.29 is 4.90 Å². The van der Waals surface area contributed by atoms with Crippen LogP contribution in [0.4, 0.5) is 5.69 Å². The Balaban J connectivity index is 2.06. The summed E-state index contributed by atoms with van der Waals surface area (Å²) in [5, 5.41) is 0. The van der Waals surface area contributed by atoms with Gasteiger partial charge < -0.3 is 4.90 Å². The molecule has 2 heteroatoms. The molecule has 1 N–H and O–H groups in total. The van der Waals surface area contributed by atoms with Crippen LogP contribution in [-0.4, -0.2) is 11.5 Å². The highest BCUT2D eigenvalue weighted by Crippen LogP contribution is 2.24. The summed E-state index contributed by atoms with van der Waals surface area (Å²) in [6, 6.07) is 10.7. The quantitative estimate of drug-likeness (QED) is 0.708. The van der Waals surface area contributed by atoms with Crippen LogP contribution in [0.3, 0.4) is 0 Å². The van der Waals surface area contributed by atoms with E-state index in [9.17, 15) is 0 Å². The molecule has 0 amide bonds. The highest BCUT2D eigenvalue weighted by atomic mass is 15.1. The van der Waals surface area contributed by atoms with E-state index in [1.54, 1.807) is 6.20 Å². The fourth-order valence-corrected chi connectivity index (χ4v) is 2.28. The normalized spacial score (nSPS) is 18.4. The molecule has 2 aromatic rings. The van der Waals surface area contributed by atoms with Gasteiger partial charge in [0.2, 0.25) is 0 Å². The molecule has 3 rings (SSSR count). The third-order valence-corrected chi connectivity index (χ3v) is 3.18. The molecular formula is C14H14N2. The average Bonchev–Trinajstić information content (AvgIpc) is 2.72. The Bertz CT molecular complexity index is 505. The zero-order valence-electron chi connectivity index (χ0n) is 9.11. The second-order valence-electron chi connectivity index (χ2n) is 4.22. The van der Waals surface area contributed by atoms with Gasteiger partial charge in [0.15, 0.2) is 0 Å². The van der Waals surface area contributed by atoms with E-state index in [-0.39, 0.29) is 0 Å². The maximum atomic E-state index is 4.15. The number of hydrogen-bond donors (Lipinski definition) is 1. The highest BCUT2D eigenvalue weighted by Gasteiger charge is 2.17. The van der Waals surface area contributed by atoms with Gasteiger partial charge in [0.25, 0.3) is 0 Å². The van der Waals surface area contributed by atoms with E-state index >= 15 is 0 Å². The molecule has 80 valence electrons. The summed E-state index contributed by atoms with van der Waals surface area (Å²) in [6.45, 7) is 1.10. The molecule has 0 radical (unpaired) electrons. The predicted octanol–water partition coefficient (Wildman–Crippen LogP) is 1.61. The zero-order chi connectivity index (χ0) is 11.0. The minimum atomic E-state index is 1.10. The Morgan fingerprint density at radius 2 is 2.12 bits per heavy atom. The van der Waals surface area contributed by atoms with E-state index in [0.29, 0.717) is 0 Å². The second-order valence-corrected chi connectivity index (χ2v) is 4.22. The molecule has 0 spiro atoms. The molecule has 0 saturated heterocycles. The van der Waals surface area contributed by atoms with Crippen molar-refractivity contribution in [1.82, 2.24) is 4.98 Å². The SMILES string of the molecule is [CH2-][NH+]1CCc2cc(-c3cccnc3)ccc21. The lowest BCUT2D eigenvalue weighted by Crippen LogP contribution is -3.00. The first-order valence-corrected chi connectivity index (χ1v) is 5.56. The van der Waals surface area contributed by atoms with Gasteiger partial charge in [-0.3, -0.25) is 4.98 Å². The number of aromatic nitrogens is 1. The van der Waals surface area contributed by atoms with Crippen LogP contribution in [0.25, 0.3) is 11.1 Å². The predicted molar refractivity (Wildman–Crippen MR) is 64.2 cm³/mol. The van der Waals surface area contributed by atoms with Crippen LogP contribution in [0.2, 0.25) is 0 Å². The summed E-state index contributed by atoms with van der Waals surface area (Å²) in [4.78, 5) is 5.42. The Morgan fingerprint density at radius 1 is 1.19 bits per heavy atom. The van der Waals surface area contributed by atoms with Gasteiger partial charge in [-0.1, -0.05) is 6.07 Å². The van der Waals surface area contributed by atoms with Crippen LogP contribution < -0.4 is 4.90 Å². The summed E-state index contributed by atoms with van der Waals surface area (Å²) in [5.74, 6) is 0. The fraction of sp³-hybridized carbons (Fsp3) is 0.143. The largest absolute Gasteiger partial charge is 0.434 e. The van der Waals surface area contributed by atoms with Crippen LogP contribution in [-0.2, 0) is 6.42 Å². The summed E-state index contributed by atoms with van der Waals surface area (Å²) >= 11 is 0. The van der Waals surface area contributed by atoms with Crippen LogP contribution in [0, 0.1) is 7.05 Å². The lowest BCUT2D eigenvalue weighted by molar-refractivity contribution is -0.775. The van der Waals surface area contributed by atoms with Crippen molar-refractivity contribution in [1.29, 1.82) is 0 Å². The van der Waals surface area contributed by atoms with Gasteiger partial charge in [0, 0.05) is 29.9 Å². The third-order valence-electron chi connectivity index (χ3n) is 3.18. The van der Waals surface area contributed by atoms with E-state index in [1.165, 1.54) is 27.3 Å². The standard InChI is InChI=1S/C14H14N2/c1-16-8-6-12-9-11(4-5-14(12)16)13-3-2-7-15-10-13/h2-5,7,9-10,16H,1,6,8H2. The molecule has 0 aliphatic carbocycles. The van der Waals surface area contributed by atoms with Crippen molar-refractivity contribution in [3.8, 4) is 11.1 Å². The molecule has 0 saturated carbocycles. The first-order chi connectivity index (χ1) is 7.84. The van der Waals surface area contributed by atoms with E-state index in [1.807, 2.05) is 12.3 Å². The van der Waals surface area contributed by atoms with Crippen molar-refractivity contribution in [2.24, 2.45) is 0 Å². The Hall–Kier alpha value is -1.67. The summed E-state index contributed by atoms with van der Waals surface area (Å²) in [5.41, 5.74) is 5.20. The van der Waals surface area contributed by atoms with Crippen molar-refractivity contribution in [2.45, 2.75) is 6.42 Å². The van der Waals surface area contributed by atoms with E-state index in [4.69, 9.17) is 0 Å². The molecule has 1 aliphatic heterocycles. The van der Waals surface area contributed by atoms with Crippen LogP contribution in [0.1, 0.15) is 5.56 Å². The molecule has 1 aliphatic rings. The molecule has 1 aromatic heterocycles. The van der Waals surface area contributed by atoms with Gasteiger partial charge in [-0.25, -0.2) is 0 Å². The molecule has 1 aromatic carbocycles. The number of nitrogens with zero attached hydrogens (tertiary/aromatic N) is 1. The van der Waals surface area contributed by atoms with Gasteiger partial charge in [-0.15, -0.1) is 7.05 Å². The molecular weight excluding hydrogens is 196 g/mol. The smallest absolute Gasteiger partial charge is 0.108 e. The maximum absolute atomic E-state index is 4.15. The molecule has 2 nitrogen and oxygen atoms in total. The Labute approximate surface area is 95.6 Å². The van der Waals surface area contributed by atoms with Crippen molar-refractivity contribution in [3.63, 3.8) is 0 Å². The Kier molecular flexibility index (Phi) is 2.22. The number of nitrogens with one attached hydrogen (secondary N) is 1. The third kappa shape index (κ3) is 1.51. The molecule has 0 bridgehead atoms. The minimum Gasteiger partial charge on any atom is -0.434 e. The van der Waals surface area contributed by atoms with Crippen LogP contribution in [0.5, 0.6) is 0 Å². The summed E-state index contributed by atoms with van der Waals surface area (Å²) in [6.07, 6.45) is 4.84. The molecule has 2 heterocycles.